The molecule has 0 aliphatic carbocycles. The fourth-order valence-corrected chi connectivity index (χ4v) is 6.81. The topological polar surface area (TPSA) is 389 Å². The lowest BCUT2D eigenvalue weighted by Gasteiger charge is -2.50. The largest absolute Gasteiger partial charge is 0.462 e. The van der Waals surface area contributed by atoms with Gasteiger partial charge in [-0.15, -0.1) is 0 Å². The molecule has 25 nitrogen and oxygen atoms in total. The Labute approximate surface area is 322 Å². The van der Waals surface area contributed by atoms with Crippen LogP contribution < -0.4 is 10.1 Å². The molecule has 4 saturated heterocycles. The van der Waals surface area contributed by atoms with E-state index >= 15 is 0 Å². The number of rotatable bonds is 14. The van der Waals surface area contributed by atoms with Gasteiger partial charge in [0.05, 0.1) is 31.4 Å². The molecule has 5 rings (SSSR count). The lowest BCUT2D eigenvalue weighted by atomic mass is 9.94. The van der Waals surface area contributed by atoms with Crippen LogP contribution in [0, 0.1) is 10.1 Å². The van der Waals surface area contributed by atoms with Gasteiger partial charge in [0.25, 0.3) is 5.69 Å². The summed E-state index contributed by atoms with van der Waals surface area (Å²) in [5, 5.41) is 140. The molecule has 4 heterocycles. The zero-order valence-corrected chi connectivity index (χ0v) is 30.0. The molecule has 0 bridgehead atoms. The van der Waals surface area contributed by atoms with Crippen LogP contribution in [0.2, 0.25) is 0 Å². The van der Waals surface area contributed by atoms with Crippen LogP contribution in [0.25, 0.3) is 0 Å². The molecule has 4 aliphatic heterocycles. The Morgan fingerprint density at radius 3 is 1.58 bits per heavy atom. The first kappa shape index (κ1) is 45.2. The molecule has 57 heavy (non-hydrogen) atoms. The summed E-state index contributed by atoms with van der Waals surface area (Å²) in [6.45, 7) is -2.50. The van der Waals surface area contributed by atoms with Crippen molar-refractivity contribution in [2.75, 3.05) is 26.4 Å². The number of hydrogen-bond acceptors (Lipinski definition) is 23. The first-order valence-electron chi connectivity index (χ1n) is 17.7. The maximum atomic E-state index is 12.3. The second kappa shape index (κ2) is 19.5. The summed E-state index contributed by atoms with van der Waals surface area (Å²) in [5.41, 5.74) is -0.260. The van der Waals surface area contributed by atoms with Crippen molar-refractivity contribution >= 4 is 11.6 Å². The standard InChI is InChI=1S/C32H48N2O23/c1-10(39)33-17-20(42)26(55-31-23(45)21(43)18(40)13(6-35)51-31)15(8-37)53-29(17)57-28-19(41)14(7-36)52-32(25(28)47)56-27-16(9-38)54-30(24(46)22(27)44)50-12-4-2-11(3-5-12)34(48)49/h2-5,13-32,35-38,40-47H,6-9H2,1H3,(H,33,39)/t13-,14-,15-,16-,17-,18-,19-,20+,21-,22+,23-,24-,25-,26+,27+,28-,29-,30+,31-,32-/m0/s1. The Morgan fingerprint density at radius 2 is 1.05 bits per heavy atom. The van der Waals surface area contributed by atoms with Crippen molar-refractivity contribution in [3.63, 3.8) is 0 Å². The van der Waals surface area contributed by atoms with E-state index in [9.17, 15) is 76.2 Å². The fraction of sp³-hybridized carbons (Fsp3) is 0.781. The monoisotopic (exact) mass is 828 g/mol. The van der Waals surface area contributed by atoms with Gasteiger partial charge in [-0.2, -0.15) is 0 Å². The zero-order valence-electron chi connectivity index (χ0n) is 30.0. The lowest BCUT2D eigenvalue weighted by Crippen LogP contribution is -2.70. The average Bonchev–Trinajstić information content (AvgIpc) is 3.19. The molecule has 4 fully saturated rings. The van der Waals surface area contributed by atoms with E-state index in [1.54, 1.807) is 0 Å². The molecule has 1 amide bonds. The van der Waals surface area contributed by atoms with Gasteiger partial charge >= 0.3 is 0 Å². The molecule has 0 spiro atoms. The molecule has 0 unspecified atom stereocenters. The van der Waals surface area contributed by atoms with Crippen molar-refractivity contribution in [1.29, 1.82) is 0 Å². The molecule has 0 saturated carbocycles. The second-order valence-corrected chi connectivity index (χ2v) is 13.7. The van der Waals surface area contributed by atoms with E-state index < -0.39 is 160 Å². The summed E-state index contributed by atoms with van der Waals surface area (Å²) < 4.78 is 45.1. The lowest BCUT2D eigenvalue weighted by molar-refractivity contribution is -0.384. The number of amides is 1. The maximum absolute atomic E-state index is 12.3. The molecule has 1 aromatic carbocycles. The third-order valence-corrected chi connectivity index (χ3v) is 9.89. The van der Waals surface area contributed by atoms with Gasteiger partial charge in [0, 0.05) is 19.1 Å². The summed E-state index contributed by atoms with van der Waals surface area (Å²) >= 11 is 0. The Morgan fingerprint density at radius 1 is 0.596 bits per heavy atom. The highest BCUT2D eigenvalue weighted by atomic mass is 16.8. The van der Waals surface area contributed by atoms with Crippen LogP contribution in [0.15, 0.2) is 24.3 Å². The van der Waals surface area contributed by atoms with Crippen LogP contribution in [-0.2, 0) is 38.0 Å². The van der Waals surface area contributed by atoms with Crippen LogP contribution in [0.1, 0.15) is 6.92 Å². The minimum Gasteiger partial charge on any atom is -0.462 e. The SMILES string of the molecule is CC(=O)N[C@@H]1[C@H](O[C@@H]2[C@H](O)[C@H](O[C@H]3[C@H](O)[C@H](O)[C@H](Oc4ccc([N+](=O)[O-])cc4)O[C@H]3CO)O[C@@H](CO)[C@@H]2O)O[C@@H](CO)[C@@H](O[C@@H]2O[C@@H](CO)[C@H](O)[C@H](O)[C@@H]2O)[C@@H]1O. The van der Waals surface area contributed by atoms with Gasteiger partial charge in [0.15, 0.2) is 18.9 Å². The van der Waals surface area contributed by atoms with Crippen LogP contribution in [0.4, 0.5) is 5.69 Å². The van der Waals surface area contributed by atoms with Crippen LogP contribution in [0.5, 0.6) is 5.75 Å². The molecular formula is C32H48N2O23. The number of nitro benzene ring substituents is 1. The van der Waals surface area contributed by atoms with E-state index in [1.165, 1.54) is 12.1 Å². The van der Waals surface area contributed by atoms with Gasteiger partial charge in [-0.1, -0.05) is 0 Å². The highest BCUT2D eigenvalue weighted by Crippen LogP contribution is 2.35. The molecule has 4 aliphatic rings. The number of aliphatic hydroxyl groups is 12. The van der Waals surface area contributed by atoms with E-state index in [2.05, 4.69) is 5.32 Å². The minimum absolute atomic E-state index is 0.0125. The van der Waals surface area contributed by atoms with Crippen LogP contribution >= 0.6 is 0 Å². The number of carbonyl (C=O) groups is 1. The van der Waals surface area contributed by atoms with Gasteiger partial charge in [-0.05, 0) is 12.1 Å². The summed E-state index contributed by atoms with van der Waals surface area (Å²) in [6, 6.07) is 2.97. The summed E-state index contributed by atoms with van der Waals surface area (Å²) in [6.07, 6.45) is -33.9. The number of ether oxygens (including phenoxy) is 8. The Hall–Kier alpha value is -2.87. The molecule has 20 atom stereocenters. The van der Waals surface area contributed by atoms with Crippen LogP contribution in [-0.4, -0.2) is 221 Å². The van der Waals surface area contributed by atoms with Gasteiger partial charge in [-0.25, -0.2) is 0 Å². The van der Waals surface area contributed by atoms with E-state index in [0.717, 1.165) is 19.1 Å². The van der Waals surface area contributed by atoms with Gasteiger partial charge in [-0.3, -0.25) is 14.9 Å². The molecule has 324 valence electrons. The normalized spacial score (nSPS) is 43.9. The van der Waals surface area contributed by atoms with Crippen molar-refractivity contribution in [1.82, 2.24) is 5.32 Å². The third kappa shape index (κ3) is 9.79. The smallest absolute Gasteiger partial charge is 0.269 e. The van der Waals surface area contributed by atoms with Crippen LogP contribution in [0.3, 0.4) is 0 Å². The highest BCUT2D eigenvalue weighted by molar-refractivity contribution is 5.73. The zero-order chi connectivity index (χ0) is 41.9. The number of aliphatic hydroxyl groups excluding tert-OH is 12. The van der Waals surface area contributed by atoms with E-state index in [1.807, 2.05) is 0 Å². The Kier molecular flexibility index (Phi) is 15.4. The molecule has 0 radical (unpaired) electrons. The first-order valence-corrected chi connectivity index (χ1v) is 17.7. The number of nitrogens with one attached hydrogen (secondary N) is 1. The minimum atomic E-state index is -2.07. The van der Waals surface area contributed by atoms with Crippen molar-refractivity contribution in [3.8, 4) is 5.75 Å². The molecule has 25 heteroatoms. The number of carbonyl (C=O) groups excluding carboxylic acids is 1. The molecule has 1 aromatic rings. The Balaban J connectivity index is 1.32. The van der Waals surface area contributed by atoms with E-state index in [0.29, 0.717) is 0 Å². The van der Waals surface area contributed by atoms with Gasteiger partial charge < -0.3 is 104 Å². The molecular weight excluding hydrogens is 780 g/mol. The first-order chi connectivity index (χ1) is 27.0. The highest BCUT2D eigenvalue weighted by Gasteiger charge is 2.56. The maximum Gasteiger partial charge on any atom is 0.269 e. The summed E-state index contributed by atoms with van der Waals surface area (Å²) in [4.78, 5) is 22.6. The quantitative estimate of drug-likeness (QED) is 0.0612. The average molecular weight is 829 g/mol. The number of nitrogens with zero attached hydrogens (tertiary/aromatic N) is 1. The molecule has 13 N–H and O–H groups in total. The van der Waals surface area contributed by atoms with Crippen molar-refractivity contribution < 1.29 is 109 Å². The predicted molar refractivity (Wildman–Crippen MR) is 177 cm³/mol. The predicted octanol–water partition coefficient (Wildman–Crippen LogP) is -7.61. The number of hydrogen-bond donors (Lipinski definition) is 13. The van der Waals surface area contributed by atoms with Crippen molar-refractivity contribution in [2.24, 2.45) is 0 Å². The Bertz CT molecular complexity index is 1460. The number of nitro groups is 1. The summed E-state index contributed by atoms with van der Waals surface area (Å²) in [5.74, 6) is -0.787. The van der Waals surface area contributed by atoms with E-state index in [-0.39, 0.29) is 11.4 Å². The van der Waals surface area contributed by atoms with Crippen molar-refractivity contribution in [2.45, 2.75) is 130 Å². The van der Waals surface area contributed by atoms with Crippen molar-refractivity contribution in [3.05, 3.63) is 34.4 Å². The fourth-order valence-electron chi connectivity index (χ4n) is 6.81. The van der Waals surface area contributed by atoms with Gasteiger partial charge in [0.1, 0.15) is 103 Å². The second-order valence-electron chi connectivity index (χ2n) is 13.7. The number of benzene rings is 1. The summed E-state index contributed by atoms with van der Waals surface area (Å²) in [7, 11) is 0. The van der Waals surface area contributed by atoms with Gasteiger partial charge in [0.2, 0.25) is 12.2 Å². The van der Waals surface area contributed by atoms with E-state index in [4.69, 9.17) is 37.9 Å². The number of non-ortho nitro benzene ring substituents is 1. The third-order valence-electron chi connectivity index (χ3n) is 9.89. The molecule has 0 aromatic heterocycles.